The summed E-state index contributed by atoms with van der Waals surface area (Å²) >= 11 is 5.94. The minimum Gasteiger partial charge on any atom is -0.508 e. The second-order valence-electron chi connectivity index (χ2n) is 6.06. The molecule has 0 aromatic heterocycles. The monoisotopic (exact) mass is 440 g/mol. The summed E-state index contributed by atoms with van der Waals surface area (Å²) in [6, 6.07) is 10.3. The maximum atomic E-state index is 12.6. The Hall–Kier alpha value is -3.07. The molecule has 30 heavy (non-hydrogen) atoms. The lowest BCUT2D eigenvalue weighted by molar-refractivity contribution is -0.0504. The van der Waals surface area contributed by atoms with Crippen molar-refractivity contribution in [2.24, 2.45) is 4.99 Å². The van der Waals surface area contributed by atoms with E-state index >= 15 is 0 Å². The van der Waals surface area contributed by atoms with Crippen LogP contribution in [0, 0.1) is 0 Å². The summed E-state index contributed by atoms with van der Waals surface area (Å²) in [5.41, 5.74) is 0.849. The molecule has 0 aliphatic heterocycles. The van der Waals surface area contributed by atoms with Gasteiger partial charge in [0.1, 0.15) is 11.5 Å². The van der Waals surface area contributed by atoms with Crippen LogP contribution in [0.15, 0.2) is 47.5 Å². The van der Waals surface area contributed by atoms with Crippen LogP contribution in [0.25, 0.3) is 0 Å². The zero-order valence-electron chi connectivity index (χ0n) is 16.3. The Morgan fingerprint density at radius 3 is 2.50 bits per heavy atom. The van der Waals surface area contributed by atoms with Gasteiger partial charge in [0.05, 0.1) is 6.54 Å². The molecule has 2 aromatic carbocycles. The first kappa shape index (κ1) is 23.2. The highest BCUT2D eigenvalue weighted by molar-refractivity contribution is 6.30. The fourth-order valence-electron chi connectivity index (χ4n) is 2.46. The molecule has 0 fully saturated rings. The summed E-state index contributed by atoms with van der Waals surface area (Å²) in [5.74, 6) is 0.266. The lowest BCUT2D eigenvalue weighted by atomic mass is 10.2. The second kappa shape index (κ2) is 11.8. The molecule has 0 saturated carbocycles. The van der Waals surface area contributed by atoms with Gasteiger partial charge in [0, 0.05) is 35.8 Å². The second-order valence-corrected chi connectivity index (χ2v) is 6.49. The molecular weight excluding hydrogens is 418 g/mol. The number of phenolic OH excluding ortho intramolecular Hbond substituents is 1. The molecule has 2 aromatic rings. The first-order valence-electron chi connectivity index (χ1n) is 9.21. The molecule has 7 nitrogen and oxygen atoms in total. The summed E-state index contributed by atoms with van der Waals surface area (Å²) in [4.78, 5) is 16.4. The van der Waals surface area contributed by atoms with Crippen LogP contribution in [0.4, 0.5) is 8.78 Å². The molecule has 0 aliphatic rings. The van der Waals surface area contributed by atoms with Crippen LogP contribution in [0.5, 0.6) is 11.5 Å². The number of aromatic hydroxyl groups is 1. The van der Waals surface area contributed by atoms with Gasteiger partial charge in [-0.2, -0.15) is 8.78 Å². The van der Waals surface area contributed by atoms with Crippen LogP contribution in [-0.4, -0.2) is 43.2 Å². The van der Waals surface area contributed by atoms with Crippen molar-refractivity contribution < 1.29 is 23.4 Å². The number of halogens is 3. The number of alkyl halides is 2. The van der Waals surface area contributed by atoms with Gasteiger partial charge in [0.2, 0.25) is 0 Å². The zero-order chi connectivity index (χ0) is 21.9. The maximum Gasteiger partial charge on any atom is 0.387 e. The van der Waals surface area contributed by atoms with E-state index in [4.69, 9.17) is 11.6 Å². The topological polar surface area (TPSA) is 95.0 Å². The minimum absolute atomic E-state index is 0.00941. The molecule has 4 N–H and O–H groups in total. The number of nitrogens with one attached hydrogen (secondary N) is 3. The van der Waals surface area contributed by atoms with Crippen LogP contribution < -0.4 is 20.7 Å². The third kappa shape index (κ3) is 7.75. The van der Waals surface area contributed by atoms with Gasteiger partial charge >= 0.3 is 6.61 Å². The van der Waals surface area contributed by atoms with Gasteiger partial charge < -0.3 is 25.8 Å². The number of benzene rings is 2. The number of guanidine groups is 1. The van der Waals surface area contributed by atoms with E-state index in [0.29, 0.717) is 41.7 Å². The molecule has 0 spiro atoms. The number of aliphatic imine (C=N–C) groups is 1. The number of amides is 1. The highest BCUT2D eigenvalue weighted by Crippen LogP contribution is 2.25. The van der Waals surface area contributed by atoms with Crippen LogP contribution in [0.3, 0.4) is 0 Å². The molecule has 0 radical (unpaired) electrons. The van der Waals surface area contributed by atoms with Gasteiger partial charge in [-0.3, -0.25) is 4.79 Å². The van der Waals surface area contributed by atoms with E-state index in [-0.39, 0.29) is 24.0 Å². The lowest BCUT2D eigenvalue weighted by Gasteiger charge is -2.13. The van der Waals surface area contributed by atoms with Crippen molar-refractivity contribution in [2.45, 2.75) is 20.1 Å². The van der Waals surface area contributed by atoms with Crippen molar-refractivity contribution in [3.05, 3.63) is 58.6 Å². The van der Waals surface area contributed by atoms with Crippen molar-refractivity contribution in [3.63, 3.8) is 0 Å². The smallest absolute Gasteiger partial charge is 0.387 e. The van der Waals surface area contributed by atoms with Gasteiger partial charge in [-0.05, 0) is 49.4 Å². The lowest BCUT2D eigenvalue weighted by Crippen LogP contribution is -2.41. The van der Waals surface area contributed by atoms with Gasteiger partial charge in [0.25, 0.3) is 5.91 Å². The third-order valence-electron chi connectivity index (χ3n) is 3.82. The van der Waals surface area contributed by atoms with Gasteiger partial charge in [-0.25, -0.2) is 4.99 Å². The van der Waals surface area contributed by atoms with E-state index in [1.807, 2.05) is 6.92 Å². The number of carbonyl (C=O) groups is 1. The molecule has 162 valence electrons. The van der Waals surface area contributed by atoms with Gasteiger partial charge in [-0.15, -0.1) is 0 Å². The number of carbonyl (C=O) groups excluding carboxylic acids is 1. The number of rotatable bonds is 9. The van der Waals surface area contributed by atoms with Crippen molar-refractivity contribution in [1.82, 2.24) is 16.0 Å². The van der Waals surface area contributed by atoms with Crippen molar-refractivity contribution in [2.75, 3.05) is 19.6 Å². The Morgan fingerprint density at radius 2 is 1.83 bits per heavy atom. The Balaban J connectivity index is 1.91. The van der Waals surface area contributed by atoms with E-state index in [1.54, 1.807) is 0 Å². The molecule has 0 saturated heterocycles. The summed E-state index contributed by atoms with van der Waals surface area (Å²) in [7, 11) is 0. The van der Waals surface area contributed by atoms with E-state index in [1.165, 1.54) is 42.5 Å². The zero-order valence-corrected chi connectivity index (χ0v) is 17.0. The average Bonchev–Trinajstić information content (AvgIpc) is 2.71. The average molecular weight is 441 g/mol. The number of phenols is 1. The molecule has 0 bridgehead atoms. The Kier molecular flexibility index (Phi) is 9.14. The third-order valence-corrected chi connectivity index (χ3v) is 4.06. The van der Waals surface area contributed by atoms with E-state index in [2.05, 4.69) is 25.7 Å². The minimum atomic E-state index is -2.95. The summed E-state index contributed by atoms with van der Waals surface area (Å²) in [6.45, 7) is 0.290. The standard InChI is InChI=1S/C20H23ClF2N4O3/c1-2-24-20(26-10-9-25-18(29)13-3-6-16(28)7-4-13)27-12-14-11-15(21)5-8-17(14)30-19(22)23/h3-8,11,19,28H,2,9-10,12H2,1H3,(H,25,29)(H2,24,26,27). The van der Waals surface area contributed by atoms with Crippen molar-refractivity contribution >= 4 is 23.5 Å². The highest BCUT2D eigenvalue weighted by Gasteiger charge is 2.10. The fourth-order valence-corrected chi connectivity index (χ4v) is 2.66. The predicted molar refractivity (Wildman–Crippen MR) is 111 cm³/mol. The normalized spacial score (nSPS) is 11.3. The quantitative estimate of drug-likeness (QED) is 0.273. The Morgan fingerprint density at radius 1 is 1.13 bits per heavy atom. The molecule has 2 rings (SSSR count). The first-order valence-corrected chi connectivity index (χ1v) is 9.59. The van der Waals surface area contributed by atoms with Crippen molar-refractivity contribution in [3.8, 4) is 11.5 Å². The van der Waals surface area contributed by atoms with Crippen LogP contribution in [0.2, 0.25) is 5.02 Å². The molecule has 10 heteroatoms. The molecule has 0 heterocycles. The maximum absolute atomic E-state index is 12.6. The van der Waals surface area contributed by atoms with E-state index in [9.17, 15) is 18.7 Å². The van der Waals surface area contributed by atoms with Crippen LogP contribution in [0.1, 0.15) is 22.8 Å². The number of nitrogens with zero attached hydrogens (tertiary/aromatic N) is 1. The summed E-state index contributed by atoms with van der Waals surface area (Å²) in [6.07, 6.45) is 0. The summed E-state index contributed by atoms with van der Waals surface area (Å²) in [5, 5.41) is 18.5. The van der Waals surface area contributed by atoms with Gasteiger partial charge in [-0.1, -0.05) is 11.6 Å². The molecule has 0 aliphatic carbocycles. The molecule has 0 atom stereocenters. The largest absolute Gasteiger partial charge is 0.508 e. The van der Waals surface area contributed by atoms with Crippen LogP contribution >= 0.6 is 11.6 Å². The Bertz CT molecular complexity index is 864. The number of hydrogen-bond acceptors (Lipinski definition) is 4. The van der Waals surface area contributed by atoms with E-state index < -0.39 is 6.61 Å². The number of ether oxygens (including phenoxy) is 1. The molecule has 1 amide bonds. The molecular formula is C20H23ClF2N4O3. The number of hydrogen-bond donors (Lipinski definition) is 4. The van der Waals surface area contributed by atoms with Gasteiger partial charge in [0.15, 0.2) is 5.96 Å². The fraction of sp³-hybridized carbons (Fsp3) is 0.300. The van der Waals surface area contributed by atoms with Crippen molar-refractivity contribution in [1.29, 1.82) is 0 Å². The van der Waals surface area contributed by atoms with E-state index in [0.717, 1.165) is 0 Å². The predicted octanol–water partition coefficient (Wildman–Crippen LogP) is 3.13. The first-order chi connectivity index (χ1) is 14.4. The Labute approximate surface area is 178 Å². The van der Waals surface area contributed by atoms with Crippen LogP contribution in [-0.2, 0) is 6.54 Å². The SMILES string of the molecule is CCNC(=NCc1cc(Cl)ccc1OC(F)F)NCCNC(=O)c1ccc(O)cc1. The molecule has 0 unspecified atom stereocenters. The summed E-state index contributed by atoms with van der Waals surface area (Å²) < 4.78 is 29.6. The highest BCUT2D eigenvalue weighted by atomic mass is 35.5.